The Morgan fingerprint density at radius 2 is 1.07 bits per heavy atom. The van der Waals surface area contributed by atoms with Crippen LogP contribution in [0.2, 0.25) is 0 Å². The molecule has 14 rings (SSSR count). The quantitative estimate of drug-likeness (QED) is 0.154. The van der Waals surface area contributed by atoms with Crippen molar-refractivity contribution in [1.29, 1.82) is 0 Å². The van der Waals surface area contributed by atoms with Crippen molar-refractivity contribution in [3.8, 4) is 22.3 Å². The van der Waals surface area contributed by atoms with Crippen LogP contribution in [-0.2, 0) is 5.41 Å². The fraction of sp³-hybridized carbons (Fsp3) is 0.455. The summed E-state index contributed by atoms with van der Waals surface area (Å²) < 4.78 is 1.25. The monoisotopic (exact) mass is 646 g/mol. The standard InChI is InChI=1S/C44H39Br/c45-41-7-3-6-38-42(41)30-4-1-2-5-37(30)44(38)39-18-33-25-11-22-8-23(12-25)10-24(9-22)31(33)16-35(39)36-17-32-26-13-28-15-29-14-27(21-43(28,29)20-26)34(32)19-40(36)44/h1-7,16-19,22-29H,8-15,20-21H2. The Kier molecular flexibility index (Phi) is 4.21. The molecule has 45 heavy (non-hydrogen) atoms. The van der Waals surface area contributed by atoms with Gasteiger partial charge in [-0.25, -0.2) is 0 Å². The topological polar surface area (TPSA) is 0 Å². The highest BCUT2D eigenvalue weighted by molar-refractivity contribution is 9.10. The van der Waals surface area contributed by atoms with Crippen LogP contribution in [-0.4, -0.2) is 0 Å². The first kappa shape index (κ1) is 24.5. The van der Waals surface area contributed by atoms with E-state index < -0.39 is 0 Å². The van der Waals surface area contributed by atoms with E-state index in [9.17, 15) is 0 Å². The maximum absolute atomic E-state index is 4.08. The van der Waals surface area contributed by atoms with Crippen LogP contribution in [0.1, 0.15) is 132 Å². The van der Waals surface area contributed by atoms with Gasteiger partial charge in [0.25, 0.3) is 0 Å². The van der Waals surface area contributed by atoms with E-state index in [1.165, 1.54) is 90.9 Å². The highest BCUT2D eigenvalue weighted by Crippen LogP contribution is 2.77. The number of fused-ring (bicyclic) bond motifs is 15. The molecule has 0 N–H and O–H groups in total. The molecule has 0 saturated heterocycles. The molecule has 8 atom stereocenters. The lowest BCUT2D eigenvalue weighted by atomic mass is 9.56. The lowest BCUT2D eigenvalue weighted by Crippen LogP contribution is -2.41. The van der Waals surface area contributed by atoms with Gasteiger partial charge in [0.2, 0.25) is 0 Å². The fourth-order valence-electron chi connectivity index (χ4n) is 14.8. The molecule has 10 aliphatic rings. The predicted molar refractivity (Wildman–Crippen MR) is 184 cm³/mol. The van der Waals surface area contributed by atoms with Gasteiger partial charge in [0.15, 0.2) is 0 Å². The molecule has 0 aliphatic heterocycles. The molecule has 0 nitrogen and oxygen atoms in total. The van der Waals surface area contributed by atoms with Gasteiger partial charge in [-0.15, -0.1) is 0 Å². The van der Waals surface area contributed by atoms with Crippen molar-refractivity contribution in [3.63, 3.8) is 0 Å². The number of rotatable bonds is 0. The van der Waals surface area contributed by atoms with Crippen LogP contribution in [0.15, 0.2) is 71.2 Å². The van der Waals surface area contributed by atoms with Gasteiger partial charge < -0.3 is 0 Å². The summed E-state index contributed by atoms with van der Waals surface area (Å²) in [4.78, 5) is 0. The van der Waals surface area contributed by atoms with Crippen LogP contribution >= 0.6 is 15.9 Å². The average Bonchev–Trinajstić information content (AvgIpc) is 3.65. The Morgan fingerprint density at radius 3 is 1.76 bits per heavy atom. The van der Waals surface area contributed by atoms with Crippen molar-refractivity contribution in [1.82, 2.24) is 0 Å². The molecule has 0 aromatic heterocycles. The molecule has 2 spiro atoms. The summed E-state index contributed by atoms with van der Waals surface area (Å²) in [6.07, 6.45) is 14.6. The van der Waals surface area contributed by atoms with Crippen LogP contribution in [0.3, 0.4) is 0 Å². The molecule has 1 heteroatoms. The molecule has 5 fully saturated rings. The van der Waals surface area contributed by atoms with E-state index in [4.69, 9.17) is 0 Å². The van der Waals surface area contributed by atoms with Crippen LogP contribution in [0.5, 0.6) is 0 Å². The van der Waals surface area contributed by atoms with Crippen molar-refractivity contribution < 1.29 is 0 Å². The molecule has 7 bridgehead atoms. The summed E-state index contributed by atoms with van der Waals surface area (Å²) in [5.41, 5.74) is 19.8. The molecular formula is C44H39Br. The molecule has 10 aliphatic carbocycles. The van der Waals surface area contributed by atoms with Gasteiger partial charge in [-0.3, -0.25) is 0 Å². The molecule has 8 unspecified atom stereocenters. The third-order valence-corrected chi connectivity index (χ3v) is 16.7. The second-order valence-electron chi connectivity index (χ2n) is 17.5. The summed E-state index contributed by atoms with van der Waals surface area (Å²) in [5, 5.41) is 0. The summed E-state index contributed by atoms with van der Waals surface area (Å²) in [6, 6.07) is 27.8. The van der Waals surface area contributed by atoms with Gasteiger partial charge in [-0.1, -0.05) is 76.6 Å². The van der Waals surface area contributed by atoms with Gasteiger partial charge >= 0.3 is 0 Å². The first-order chi connectivity index (χ1) is 22.1. The Morgan fingerprint density at radius 1 is 0.489 bits per heavy atom. The molecule has 4 aromatic carbocycles. The number of hydrogen-bond donors (Lipinski definition) is 0. The van der Waals surface area contributed by atoms with Crippen molar-refractivity contribution in [2.45, 2.75) is 93.3 Å². The Balaban J connectivity index is 1.16. The van der Waals surface area contributed by atoms with Gasteiger partial charge in [-0.05, 0) is 184 Å². The van der Waals surface area contributed by atoms with E-state index in [1.54, 1.807) is 44.5 Å². The fourth-order valence-corrected chi connectivity index (χ4v) is 15.3. The van der Waals surface area contributed by atoms with Gasteiger partial charge in [0, 0.05) is 10.0 Å². The molecule has 0 amide bonds. The molecular weight excluding hydrogens is 608 g/mol. The normalized spacial score (nSPS) is 40.3. The third-order valence-electron chi connectivity index (χ3n) is 16.0. The first-order valence-electron chi connectivity index (χ1n) is 18.4. The minimum atomic E-state index is -0.225. The zero-order valence-electron chi connectivity index (χ0n) is 25.9. The second kappa shape index (κ2) is 7.73. The van der Waals surface area contributed by atoms with E-state index in [1.807, 2.05) is 0 Å². The number of benzene rings is 4. The van der Waals surface area contributed by atoms with Crippen LogP contribution in [0.25, 0.3) is 22.3 Å². The highest BCUT2D eigenvalue weighted by Gasteiger charge is 2.66. The van der Waals surface area contributed by atoms with Crippen molar-refractivity contribution in [2.75, 3.05) is 0 Å². The molecule has 222 valence electrons. The lowest BCUT2D eigenvalue weighted by molar-refractivity contribution is 0.00322. The zero-order valence-corrected chi connectivity index (χ0v) is 27.5. The minimum Gasteiger partial charge on any atom is -0.0619 e. The SMILES string of the molecule is Brc1cccc2c1-c1ccccc1C21c2cc3c(cc2-c2cc4c(cc21)C1CC2CC5CC4CC52C1)C1CC2CC(C1)CC3C2. The first-order valence-corrected chi connectivity index (χ1v) is 19.2. The predicted octanol–water partition coefficient (Wildman–Crippen LogP) is 11.6. The Hall–Kier alpha value is -2.64. The zero-order chi connectivity index (χ0) is 29.0. The van der Waals surface area contributed by atoms with Gasteiger partial charge in [0.05, 0.1) is 5.41 Å². The largest absolute Gasteiger partial charge is 0.0726 e. The van der Waals surface area contributed by atoms with Gasteiger partial charge in [0.1, 0.15) is 0 Å². The summed E-state index contributed by atoms with van der Waals surface area (Å²) in [5.74, 6) is 7.02. The van der Waals surface area contributed by atoms with Crippen LogP contribution in [0.4, 0.5) is 0 Å². The van der Waals surface area contributed by atoms with E-state index in [0.717, 1.165) is 47.3 Å². The van der Waals surface area contributed by atoms with Crippen molar-refractivity contribution in [3.05, 3.63) is 116 Å². The summed E-state index contributed by atoms with van der Waals surface area (Å²) in [7, 11) is 0. The maximum Gasteiger partial charge on any atom is 0.0726 e. The molecule has 0 radical (unpaired) electrons. The maximum atomic E-state index is 4.08. The van der Waals surface area contributed by atoms with Gasteiger partial charge in [-0.2, -0.15) is 0 Å². The molecule has 5 saturated carbocycles. The van der Waals surface area contributed by atoms with E-state index in [-0.39, 0.29) is 5.41 Å². The number of hydrogen-bond acceptors (Lipinski definition) is 0. The molecule has 0 heterocycles. The summed E-state index contributed by atoms with van der Waals surface area (Å²) >= 11 is 4.08. The summed E-state index contributed by atoms with van der Waals surface area (Å²) in [6.45, 7) is 0. The number of halogens is 1. The minimum absolute atomic E-state index is 0.225. The lowest BCUT2D eigenvalue weighted by Gasteiger charge is -2.48. The Labute approximate surface area is 275 Å². The van der Waals surface area contributed by atoms with E-state index >= 15 is 0 Å². The third kappa shape index (κ3) is 2.62. The average molecular weight is 648 g/mol. The van der Waals surface area contributed by atoms with Crippen LogP contribution in [0, 0.1) is 29.1 Å². The second-order valence-corrected chi connectivity index (χ2v) is 18.3. The van der Waals surface area contributed by atoms with E-state index in [2.05, 4.69) is 82.7 Å². The highest BCUT2D eigenvalue weighted by atomic mass is 79.9. The molecule has 4 aromatic rings. The Bertz CT molecular complexity index is 2050. The van der Waals surface area contributed by atoms with Crippen molar-refractivity contribution >= 4 is 15.9 Å². The van der Waals surface area contributed by atoms with E-state index in [0.29, 0.717) is 5.41 Å². The van der Waals surface area contributed by atoms with Crippen LogP contribution < -0.4 is 0 Å². The smallest absolute Gasteiger partial charge is 0.0619 e. The van der Waals surface area contributed by atoms with Crippen molar-refractivity contribution in [2.24, 2.45) is 29.1 Å².